The number of nitrogens with zero attached hydrogens (tertiary/aromatic N) is 6. The van der Waals surface area contributed by atoms with Gasteiger partial charge in [-0.25, -0.2) is 5.43 Å². The van der Waals surface area contributed by atoms with Crippen molar-refractivity contribution in [3.8, 4) is 0 Å². The van der Waals surface area contributed by atoms with Crippen molar-refractivity contribution in [3.05, 3.63) is 109 Å². The second kappa shape index (κ2) is 205. The summed E-state index contributed by atoms with van der Waals surface area (Å²) in [6.07, 6.45) is 43.0. The van der Waals surface area contributed by atoms with E-state index in [1.165, 1.54) is 137 Å². The monoisotopic (exact) mass is 1480 g/mol. The molecule has 0 atom stereocenters. The first-order valence-electron chi connectivity index (χ1n) is 43.6. The molecule has 632 valence electrons. The Morgan fingerprint density at radius 1 is 0.308 bits per heavy atom. The molecular weight excluding hydrogens is 1280 g/mol. The van der Waals surface area contributed by atoms with Crippen LogP contribution in [0.1, 0.15) is 405 Å². The summed E-state index contributed by atoms with van der Waals surface area (Å²) >= 11 is 0. The van der Waals surface area contributed by atoms with Crippen LogP contribution in [-0.2, 0) is 9.53 Å². The molecule has 10 aliphatic rings. The number of rotatable bonds is 0. The lowest BCUT2D eigenvalue weighted by molar-refractivity contribution is -0.112. The predicted molar refractivity (Wildman–Crippen MR) is 507 cm³/mol. The third-order valence-corrected chi connectivity index (χ3v) is 9.93. The highest BCUT2D eigenvalue weighted by molar-refractivity contribution is 6.27. The number of hydrazine groups is 1. The number of allylic oxidation sites excluding steroid dienone is 9. The van der Waals surface area contributed by atoms with Crippen molar-refractivity contribution in [2.24, 2.45) is 30.1 Å². The number of hydrogen-bond acceptors (Lipinski definition) is 11. The quantitative estimate of drug-likeness (QED) is 0.208. The molecule has 0 unspecified atom stereocenters. The Bertz CT molecular complexity index is 1470. The first-order chi connectivity index (χ1) is 51.2. The zero-order chi connectivity index (χ0) is 86.6. The van der Waals surface area contributed by atoms with Gasteiger partial charge in [-0.2, -0.15) is 0 Å². The summed E-state index contributed by atoms with van der Waals surface area (Å²) in [6, 6.07) is 0. The lowest BCUT2D eigenvalue weighted by atomic mass is 9.97. The average molecular weight is 1480 g/mol. The van der Waals surface area contributed by atoms with E-state index in [1.807, 2.05) is 296 Å². The van der Waals surface area contributed by atoms with Crippen molar-refractivity contribution in [3.63, 3.8) is 0 Å². The van der Waals surface area contributed by atoms with Crippen molar-refractivity contribution in [1.82, 2.24) is 16.3 Å². The van der Waals surface area contributed by atoms with Gasteiger partial charge in [-0.3, -0.25) is 29.8 Å². The molecule has 0 aromatic heterocycles. The minimum Gasteiger partial charge on any atom is -0.480 e. The largest absolute Gasteiger partial charge is 0.480 e. The highest BCUT2D eigenvalue weighted by Gasteiger charge is 2.02. The summed E-state index contributed by atoms with van der Waals surface area (Å²) < 4.78 is 4.72. The minimum absolute atomic E-state index is 0.172. The van der Waals surface area contributed by atoms with E-state index in [2.05, 4.69) is 117 Å². The van der Waals surface area contributed by atoms with Gasteiger partial charge in [-0.05, 0) is 132 Å². The van der Waals surface area contributed by atoms with Gasteiger partial charge >= 0.3 is 0 Å². The number of hydrazone groups is 1. The van der Waals surface area contributed by atoms with Gasteiger partial charge in [-0.1, -0.05) is 376 Å². The number of hydrogen-bond donors (Lipinski definition) is 3. The maximum absolute atomic E-state index is 10.3. The van der Waals surface area contributed by atoms with Gasteiger partial charge in [0.05, 0.1) is 25.6 Å². The van der Waals surface area contributed by atoms with E-state index >= 15 is 0 Å². The standard InChI is InChI=1S/C7H12.C7H10.C6H9N.C6H10.C6H8.C5H7NO.2C5H7N.C3H7N3.C3H6N2O.20C2H6/c2*1-7-5-3-2-4-6-7;1-6-3-2-4-7-5-6;2*1-6-4-2-3-5-6;7-5-2-1-3-6-4-5;2*1-5-2-3-6-4-5;1-2-5-6-3-4-1;1-2-6-3-5-4-1;20*1-2/h1-6H2;3,5H,1-2,4,6H2;5H,1-4H2;1-5H2;2,4H,1,3,5H2;4H,1-3H2;2*4H,1-3H2;3,5H,1-2H2,(H,4,6);3-4H,1-2H2;20*1-2H3. The van der Waals surface area contributed by atoms with Crippen molar-refractivity contribution >= 4 is 43.4 Å². The first-order valence-corrected chi connectivity index (χ1v) is 43.6. The van der Waals surface area contributed by atoms with E-state index in [4.69, 9.17) is 4.74 Å². The molecular formula is C93H203N9O2. The molecule has 4 aliphatic carbocycles. The Hall–Kier alpha value is -5.29. The molecule has 10 rings (SSSR count). The SMILES string of the molecule is C1=NCCNN1.C1=NNCCO1.C=C1C=CCC1.C=C1C=CCCC1.C=C1C=NCC1.C=C1C=NCC1.C=C1C=NCCC1.C=C1CCCC1.C=C1CCCCC1.CC.CC.CC.CC.CC.CC.CC.CC.CC.CC.CC.CC.CC.CC.CC.CC.CC.CC.CC.CC.O=C1C=NCCC1. The highest BCUT2D eigenvalue weighted by Crippen LogP contribution is 2.21. The van der Waals surface area contributed by atoms with E-state index in [0.29, 0.717) is 6.42 Å². The van der Waals surface area contributed by atoms with Gasteiger partial charge in [0.1, 0.15) is 6.61 Å². The summed E-state index contributed by atoms with van der Waals surface area (Å²) in [5.74, 6) is 0.172. The van der Waals surface area contributed by atoms with Gasteiger partial charge in [-0.15, -0.1) is 5.10 Å². The lowest BCUT2D eigenvalue weighted by Gasteiger charge is -2.10. The third kappa shape index (κ3) is 199. The van der Waals surface area contributed by atoms with Crippen LogP contribution in [-0.4, -0.2) is 95.8 Å². The molecule has 0 aromatic rings. The van der Waals surface area contributed by atoms with Gasteiger partial charge < -0.3 is 15.6 Å². The number of carbonyl (C=O) groups excluding carboxylic acids is 1. The van der Waals surface area contributed by atoms with Gasteiger partial charge in [0, 0.05) is 57.8 Å². The van der Waals surface area contributed by atoms with Crippen LogP contribution in [0.15, 0.2) is 139 Å². The van der Waals surface area contributed by atoms with Crippen molar-refractivity contribution in [2.45, 2.75) is 405 Å². The second-order valence-electron chi connectivity index (χ2n) is 16.2. The molecule has 6 aliphatic heterocycles. The van der Waals surface area contributed by atoms with Gasteiger partial charge in [0.15, 0.2) is 12.2 Å². The lowest BCUT2D eigenvalue weighted by Crippen LogP contribution is -2.36. The van der Waals surface area contributed by atoms with E-state index in [1.54, 1.807) is 6.34 Å². The van der Waals surface area contributed by atoms with Crippen LogP contribution in [0.4, 0.5) is 0 Å². The van der Waals surface area contributed by atoms with Crippen LogP contribution in [0.5, 0.6) is 0 Å². The van der Waals surface area contributed by atoms with Crippen LogP contribution < -0.4 is 16.3 Å². The zero-order valence-corrected chi connectivity index (χ0v) is 79.5. The molecule has 104 heavy (non-hydrogen) atoms. The van der Waals surface area contributed by atoms with Crippen molar-refractivity contribution in [2.75, 3.05) is 52.4 Å². The summed E-state index contributed by atoms with van der Waals surface area (Å²) in [5.41, 5.74) is 17.3. The molecule has 0 bridgehead atoms. The normalized spacial score (nSPS) is 13.7. The summed E-state index contributed by atoms with van der Waals surface area (Å²) in [7, 11) is 0. The Kier molecular flexibility index (Phi) is 300. The van der Waals surface area contributed by atoms with Crippen LogP contribution in [0.3, 0.4) is 0 Å². The molecule has 0 radical (unpaired) electrons. The molecule has 0 aromatic carbocycles. The van der Waals surface area contributed by atoms with E-state index in [0.717, 1.165) is 89.2 Å². The molecule has 0 amide bonds. The number of carbonyl (C=O) groups is 1. The number of ketones is 1. The Balaban J connectivity index is -0.0000000398. The molecule has 11 heteroatoms. The van der Waals surface area contributed by atoms with Crippen LogP contribution in [0.25, 0.3) is 0 Å². The fourth-order valence-corrected chi connectivity index (χ4v) is 6.12. The number of ether oxygens (including phenoxy) is 1. The maximum Gasteiger partial charge on any atom is 0.192 e. The van der Waals surface area contributed by atoms with Gasteiger partial charge in [0.25, 0.3) is 0 Å². The smallest absolute Gasteiger partial charge is 0.192 e. The first kappa shape index (κ1) is 152. The molecule has 11 nitrogen and oxygen atoms in total. The predicted octanol–water partition coefficient (Wildman–Crippen LogP) is 31.9. The fourth-order valence-electron chi connectivity index (χ4n) is 6.12. The molecule has 2 fully saturated rings. The van der Waals surface area contributed by atoms with Crippen LogP contribution in [0.2, 0.25) is 0 Å². The Morgan fingerprint density at radius 2 is 0.635 bits per heavy atom. The summed E-state index contributed by atoms with van der Waals surface area (Å²) in [4.78, 5) is 29.9. The van der Waals surface area contributed by atoms with Crippen LogP contribution in [0, 0.1) is 0 Å². The molecule has 0 saturated heterocycles. The number of nitrogens with one attached hydrogen (secondary N) is 3. The van der Waals surface area contributed by atoms with E-state index in [-0.39, 0.29) is 5.78 Å². The topological polar surface area (TPSA) is 137 Å². The number of aliphatic imine (C=N–C) groups is 5. The van der Waals surface area contributed by atoms with Gasteiger partial charge in [0.2, 0.25) is 0 Å². The maximum atomic E-state index is 10.3. The third-order valence-electron chi connectivity index (χ3n) is 9.93. The number of Topliss-reactive ketones (excluding diaryl/α,β-unsaturated/α-hetero) is 1. The summed E-state index contributed by atoms with van der Waals surface area (Å²) in [6.45, 7) is 114. The minimum atomic E-state index is 0.172. The van der Waals surface area contributed by atoms with Crippen LogP contribution >= 0.6 is 0 Å². The fraction of sp³-hybridized carbons (Fsp3) is 0.731. The van der Waals surface area contributed by atoms with E-state index in [9.17, 15) is 4.79 Å². The molecule has 2 saturated carbocycles. The van der Waals surface area contributed by atoms with Crippen molar-refractivity contribution < 1.29 is 9.53 Å². The van der Waals surface area contributed by atoms with E-state index < -0.39 is 0 Å². The van der Waals surface area contributed by atoms with Crippen molar-refractivity contribution in [1.29, 1.82) is 0 Å². The second-order valence-corrected chi connectivity index (χ2v) is 16.2. The Labute approximate surface area is 662 Å². The average Bonchev–Trinajstić information content (AvgIpc) is 1.82. The molecule has 6 heterocycles. The zero-order valence-electron chi connectivity index (χ0n) is 79.5. The Morgan fingerprint density at radius 3 is 0.740 bits per heavy atom. The molecule has 0 spiro atoms. The molecule has 3 N–H and O–H groups in total. The summed E-state index contributed by atoms with van der Waals surface area (Å²) in [5, 5.41) is 3.58. The highest BCUT2D eigenvalue weighted by atomic mass is 16.5.